The van der Waals surface area contributed by atoms with Crippen molar-refractivity contribution in [1.82, 2.24) is 0 Å². The molecule has 0 fully saturated rings. The third kappa shape index (κ3) is 5.16. The highest BCUT2D eigenvalue weighted by Gasteiger charge is 2.24. The van der Waals surface area contributed by atoms with Crippen LogP contribution in [0.2, 0.25) is 0 Å². The monoisotopic (exact) mass is 462 g/mol. The van der Waals surface area contributed by atoms with Crippen molar-refractivity contribution in [3.05, 3.63) is 81.7 Å². The van der Waals surface area contributed by atoms with Gasteiger partial charge in [-0.15, -0.1) is 11.3 Å². The molecule has 0 unspecified atom stereocenters. The van der Waals surface area contributed by atoms with Crippen LogP contribution < -0.4 is 14.8 Å². The first-order valence-corrected chi connectivity index (χ1v) is 10.7. The van der Waals surface area contributed by atoms with E-state index in [2.05, 4.69) is 10.3 Å². The number of carbonyl (C=O) groups is 3. The SMILES string of the molecule is COc1ccc(C=C2N=C(c3ccc(NC(C)=O)cc3)OC2=O)cc1OC(=O)c1cccs1. The third-order valence-corrected chi connectivity index (χ3v) is 5.34. The van der Waals surface area contributed by atoms with Gasteiger partial charge in [-0.05, 0) is 59.5 Å². The van der Waals surface area contributed by atoms with Gasteiger partial charge in [0.2, 0.25) is 11.8 Å². The number of methoxy groups -OCH3 is 1. The second kappa shape index (κ2) is 9.49. The fourth-order valence-corrected chi connectivity index (χ4v) is 3.60. The second-order valence-electron chi connectivity index (χ2n) is 6.87. The van der Waals surface area contributed by atoms with Crippen molar-refractivity contribution >= 4 is 46.8 Å². The number of amides is 1. The first-order valence-electron chi connectivity index (χ1n) is 9.77. The van der Waals surface area contributed by atoms with Gasteiger partial charge in [0.15, 0.2) is 17.2 Å². The number of cyclic esters (lactones) is 1. The number of anilines is 1. The smallest absolute Gasteiger partial charge is 0.363 e. The van der Waals surface area contributed by atoms with Crippen LogP contribution in [-0.2, 0) is 14.3 Å². The average molecular weight is 462 g/mol. The molecule has 8 nitrogen and oxygen atoms in total. The molecule has 0 saturated heterocycles. The zero-order valence-electron chi connectivity index (χ0n) is 17.7. The van der Waals surface area contributed by atoms with Crippen LogP contribution in [0.1, 0.15) is 27.7 Å². The molecular formula is C24H18N2O6S. The molecule has 1 aromatic heterocycles. The zero-order valence-corrected chi connectivity index (χ0v) is 18.5. The number of carbonyl (C=O) groups excluding carboxylic acids is 3. The Labute approximate surface area is 193 Å². The molecule has 33 heavy (non-hydrogen) atoms. The molecule has 2 aromatic carbocycles. The van der Waals surface area contributed by atoms with Crippen molar-refractivity contribution in [2.24, 2.45) is 4.99 Å². The summed E-state index contributed by atoms with van der Waals surface area (Å²) >= 11 is 1.27. The molecule has 1 amide bonds. The number of benzene rings is 2. The fraction of sp³-hybridized carbons (Fsp3) is 0.0833. The van der Waals surface area contributed by atoms with Crippen molar-refractivity contribution in [2.45, 2.75) is 6.92 Å². The summed E-state index contributed by atoms with van der Waals surface area (Å²) in [4.78, 5) is 40.6. The first kappa shape index (κ1) is 22.0. The molecule has 0 atom stereocenters. The Morgan fingerprint density at radius 2 is 1.88 bits per heavy atom. The van der Waals surface area contributed by atoms with E-state index in [1.54, 1.807) is 60.0 Å². The van der Waals surface area contributed by atoms with Crippen LogP contribution in [0.15, 0.2) is 70.7 Å². The summed E-state index contributed by atoms with van der Waals surface area (Å²) in [5, 5.41) is 4.45. The molecule has 3 aromatic rings. The highest BCUT2D eigenvalue weighted by molar-refractivity contribution is 7.12. The average Bonchev–Trinajstić information content (AvgIpc) is 3.45. The predicted molar refractivity (Wildman–Crippen MR) is 124 cm³/mol. The van der Waals surface area contributed by atoms with E-state index >= 15 is 0 Å². The lowest BCUT2D eigenvalue weighted by atomic mass is 10.1. The van der Waals surface area contributed by atoms with Crippen LogP contribution in [0.25, 0.3) is 6.08 Å². The van der Waals surface area contributed by atoms with Gasteiger partial charge in [0, 0.05) is 18.2 Å². The summed E-state index contributed by atoms with van der Waals surface area (Å²) in [6.07, 6.45) is 1.53. The molecule has 0 spiro atoms. The van der Waals surface area contributed by atoms with Crippen molar-refractivity contribution in [3.8, 4) is 11.5 Å². The standard InChI is InChI=1S/C24H18N2O6S/c1-14(27)25-17-8-6-16(7-9-17)22-26-18(23(28)32-22)12-15-5-10-19(30-2)20(13-15)31-24(29)21-4-3-11-33-21/h3-13H,1-2H3,(H,25,27). The Morgan fingerprint density at radius 3 is 2.55 bits per heavy atom. The van der Waals surface area contributed by atoms with Crippen LogP contribution >= 0.6 is 11.3 Å². The summed E-state index contributed by atoms with van der Waals surface area (Å²) in [5.41, 5.74) is 1.87. The Balaban J connectivity index is 1.57. The molecule has 4 rings (SSSR count). The van der Waals surface area contributed by atoms with E-state index in [9.17, 15) is 14.4 Å². The molecule has 0 saturated carbocycles. The molecule has 9 heteroatoms. The van der Waals surface area contributed by atoms with Gasteiger partial charge in [-0.2, -0.15) is 0 Å². The van der Waals surface area contributed by atoms with Crippen LogP contribution in [0.3, 0.4) is 0 Å². The summed E-state index contributed by atoms with van der Waals surface area (Å²) < 4.78 is 16.0. The number of hydrogen-bond acceptors (Lipinski definition) is 8. The van der Waals surface area contributed by atoms with Gasteiger partial charge in [0.1, 0.15) is 4.88 Å². The minimum absolute atomic E-state index is 0.0941. The molecule has 1 N–H and O–H groups in total. The lowest BCUT2D eigenvalue weighted by Gasteiger charge is -2.09. The van der Waals surface area contributed by atoms with Gasteiger partial charge >= 0.3 is 11.9 Å². The van der Waals surface area contributed by atoms with Crippen LogP contribution in [0.4, 0.5) is 5.69 Å². The molecule has 1 aliphatic heterocycles. The number of hydrogen-bond donors (Lipinski definition) is 1. The molecule has 166 valence electrons. The van der Waals surface area contributed by atoms with Gasteiger partial charge in [0.25, 0.3) is 0 Å². The van der Waals surface area contributed by atoms with E-state index in [4.69, 9.17) is 14.2 Å². The molecular weight excluding hydrogens is 444 g/mol. The third-order valence-electron chi connectivity index (χ3n) is 4.49. The number of thiophene rings is 1. The van der Waals surface area contributed by atoms with E-state index in [-0.39, 0.29) is 23.3 Å². The van der Waals surface area contributed by atoms with Crippen molar-refractivity contribution in [3.63, 3.8) is 0 Å². The van der Waals surface area contributed by atoms with E-state index in [1.807, 2.05) is 0 Å². The fourth-order valence-electron chi connectivity index (χ4n) is 3.00. The van der Waals surface area contributed by atoms with Crippen LogP contribution in [-0.4, -0.2) is 30.9 Å². The number of nitrogens with one attached hydrogen (secondary N) is 1. The predicted octanol–water partition coefficient (Wildman–Crippen LogP) is 4.28. The quantitative estimate of drug-likeness (QED) is 0.333. The lowest BCUT2D eigenvalue weighted by Crippen LogP contribution is -2.08. The highest BCUT2D eigenvalue weighted by Crippen LogP contribution is 2.31. The van der Waals surface area contributed by atoms with E-state index in [0.29, 0.717) is 27.4 Å². The largest absolute Gasteiger partial charge is 0.493 e. The summed E-state index contributed by atoms with van der Waals surface area (Å²) in [6.45, 7) is 1.42. The zero-order chi connectivity index (χ0) is 23.4. The van der Waals surface area contributed by atoms with Gasteiger partial charge in [-0.25, -0.2) is 14.6 Å². The van der Waals surface area contributed by atoms with E-state index < -0.39 is 11.9 Å². The Morgan fingerprint density at radius 1 is 1.09 bits per heavy atom. The highest BCUT2D eigenvalue weighted by atomic mass is 32.1. The maximum Gasteiger partial charge on any atom is 0.363 e. The van der Waals surface area contributed by atoms with Gasteiger partial charge in [0.05, 0.1) is 7.11 Å². The normalized spacial score (nSPS) is 13.9. The van der Waals surface area contributed by atoms with Crippen LogP contribution in [0, 0.1) is 0 Å². The minimum Gasteiger partial charge on any atom is -0.493 e. The molecule has 0 bridgehead atoms. The Hall–Kier alpha value is -4.24. The summed E-state index contributed by atoms with van der Waals surface area (Å²) in [5.74, 6) is -0.551. The first-order chi connectivity index (χ1) is 15.9. The van der Waals surface area contributed by atoms with Crippen molar-refractivity contribution in [2.75, 3.05) is 12.4 Å². The summed E-state index contributed by atoms with van der Waals surface area (Å²) in [7, 11) is 1.47. The number of ether oxygens (including phenoxy) is 3. The van der Waals surface area contributed by atoms with Crippen LogP contribution in [0.5, 0.6) is 11.5 Å². The Bertz CT molecular complexity index is 1280. The maximum atomic E-state index is 12.3. The molecule has 1 aliphatic rings. The van der Waals surface area contributed by atoms with Crippen molar-refractivity contribution in [1.29, 1.82) is 0 Å². The second-order valence-corrected chi connectivity index (χ2v) is 7.82. The summed E-state index contributed by atoms with van der Waals surface area (Å²) in [6, 6.07) is 15.1. The number of esters is 2. The van der Waals surface area contributed by atoms with Gasteiger partial charge < -0.3 is 19.5 Å². The number of aliphatic imine (C=N–C) groups is 1. The Kier molecular flexibility index (Phi) is 6.32. The maximum absolute atomic E-state index is 12.3. The molecule has 0 aliphatic carbocycles. The number of rotatable bonds is 6. The topological polar surface area (TPSA) is 103 Å². The lowest BCUT2D eigenvalue weighted by molar-refractivity contribution is -0.129. The number of nitrogens with zero attached hydrogens (tertiary/aromatic N) is 1. The van der Waals surface area contributed by atoms with Gasteiger partial charge in [-0.3, -0.25) is 4.79 Å². The molecule has 0 radical (unpaired) electrons. The van der Waals surface area contributed by atoms with Gasteiger partial charge in [-0.1, -0.05) is 12.1 Å². The minimum atomic E-state index is -0.608. The van der Waals surface area contributed by atoms with E-state index in [1.165, 1.54) is 31.4 Å². The molecule has 2 heterocycles. The van der Waals surface area contributed by atoms with Crippen molar-refractivity contribution < 1.29 is 28.6 Å². The van der Waals surface area contributed by atoms with E-state index in [0.717, 1.165) is 0 Å².